The Kier molecular flexibility index (Phi) is 4.44. The minimum Gasteiger partial charge on any atom is -0.344 e. The lowest BCUT2D eigenvalue weighted by molar-refractivity contribution is 0.0921. The highest BCUT2D eigenvalue weighted by atomic mass is 32.1. The SMILES string of the molecule is CC(C)C(NC(=O)c1ccnc(F)c1F)c1cccs1. The first-order valence-corrected chi connectivity index (χ1v) is 7.03. The van der Waals surface area contributed by atoms with Crippen molar-refractivity contribution in [2.24, 2.45) is 5.92 Å². The Morgan fingerprint density at radius 1 is 1.35 bits per heavy atom. The second-order valence-electron chi connectivity index (χ2n) is 4.67. The number of carbonyl (C=O) groups excluding carboxylic acids is 1. The number of carbonyl (C=O) groups is 1. The molecule has 0 saturated carbocycles. The summed E-state index contributed by atoms with van der Waals surface area (Å²) in [5.41, 5.74) is -0.334. The zero-order valence-electron chi connectivity index (χ0n) is 11.1. The van der Waals surface area contributed by atoms with Gasteiger partial charge in [-0.25, -0.2) is 9.37 Å². The lowest BCUT2D eigenvalue weighted by Crippen LogP contribution is -2.32. The zero-order valence-corrected chi connectivity index (χ0v) is 11.9. The molecule has 106 valence electrons. The maximum Gasteiger partial charge on any atom is 0.255 e. The van der Waals surface area contributed by atoms with E-state index in [1.165, 1.54) is 17.4 Å². The fraction of sp³-hybridized carbons (Fsp3) is 0.286. The Morgan fingerprint density at radius 3 is 2.70 bits per heavy atom. The van der Waals surface area contributed by atoms with Crippen molar-refractivity contribution in [3.05, 3.63) is 52.0 Å². The average molecular weight is 296 g/mol. The molecule has 2 heterocycles. The molecule has 3 nitrogen and oxygen atoms in total. The fourth-order valence-electron chi connectivity index (χ4n) is 1.85. The van der Waals surface area contributed by atoms with E-state index in [4.69, 9.17) is 0 Å². The highest BCUT2D eigenvalue weighted by molar-refractivity contribution is 7.10. The number of thiophene rings is 1. The first kappa shape index (κ1) is 14.6. The predicted octanol–water partition coefficient (Wildman–Crippen LogP) is 3.55. The molecule has 2 rings (SSSR count). The Balaban J connectivity index is 2.23. The van der Waals surface area contributed by atoms with Gasteiger partial charge < -0.3 is 5.32 Å². The standard InChI is InChI=1S/C14H14F2N2OS/c1-8(2)12(10-4-3-7-20-10)18-14(19)9-5-6-17-13(16)11(9)15/h3-8,12H,1-2H3,(H,18,19). The van der Waals surface area contributed by atoms with Gasteiger partial charge in [0.2, 0.25) is 5.95 Å². The van der Waals surface area contributed by atoms with E-state index in [1.54, 1.807) is 0 Å². The van der Waals surface area contributed by atoms with Crippen LogP contribution in [0.25, 0.3) is 0 Å². The maximum absolute atomic E-state index is 13.6. The van der Waals surface area contributed by atoms with Crippen molar-refractivity contribution in [2.45, 2.75) is 19.9 Å². The smallest absolute Gasteiger partial charge is 0.255 e. The van der Waals surface area contributed by atoms with E-state index >= 15 is 0 Å². The molecule has 0 bridgehead atoms. The second kappa shape index (κ2) is 6.09. The molecule has 1 unspecified atom stereocenters. The minimum atomic E-state index is -1.27. The van der Waals surface area contributed by atoms with Gasteiger partial charge in [0, 0.05) is 11.1 Å². The Labute approximate surface area is 119 Å². The third-order valence-electron chi connectivity index (χ3n) is 2.89. The summed E-state index contributed by atoms with van der Waals surface area (Å²) in [7, 11) is 0. The van der Waals surface area contributed by atoms with Gasteiger partial charge in [0.05, 0.1) is 11.6 Å². The molecule has 0 aliphatic heterocycles. The van der Waals surface area contributed by atoms with Gasteiger partial charge in [0.15, 0.2) is 5.82 Å². The summed E-state index contributed by atoms with van der Waals surface area (Å²) < 4.78 is 26.6. The third kappa shape index (κ3) is 3.01. The van der Waals surface area contributed by atoms with Crippen LogP contribution in [0.3, 0.4) is 0 Å². The Morgan fingerprint density at radius 2 is 2.10 bits per heavy atom. The highest BCUT2D eigenvalue weighted by Gasteiger charge is 2.23. The number of nitrogens with one attached hydrogen (secondary N) is 1. The van der Waals surface area contributed by atoms with Crippen molar-refractivity contribution in [3.8, 4) is 0 Å². The van der Waals surface area contributed by atoms with Crippen molar-refractivity contribution in [1.29, 1.82) is 0 Å². The minimum absolute atomic E-state index is 0.132. The molecule has 2 aromatic rings. The number of pyridine rings is 1. The molecule has 0 aromatic carbocycles. The molecule has 1 amide bonds. The molecular weight excluding hydrogens is 282 g/mol. The number of halogens is 2. The predicted molar refractivity (Wildman–Crippen MR) is 73.5 cm³/mol. The molecule has 6 heteroatoms. The van der Waals surface area contributed by atoms with E-state index in [1.807, 2.05) is 31.4 Å². The van der Waals surface area contributed by atoms with Crippen molar-refractivity contribution >= 4 is 17.2 Å². The summed E-state index contributed by atoms with van der Waals surface area (Å²) in [6.45, 7) is 3.91. The van der Waals surface area contributed by atoms with E-state index in [2.05, 4.69) is 10.3 Å². The number of rotatable bonds is 4. The van der Waals surface area contributed by atoms with E-state index in [-0.39, 0.29) is 17.5 Å². The summed E-state index contributed by atoms with van der Waals surface area (Å²) in [5.74, 6) is -3.00. The second-order valence-corrected chi connectivity index (χ2v) is 5.65. The zero-order chi connectivity index (χ0) is 14.7. The molecule has 0 fully saturated rings. The summed E-state index contributed by atoms with van der Waals surface area (Å²) in [4.78, 5) is 16.2. The molecule has 1 N–H and O–H groups in total. The highest BCUT2D eigenvalue weighted by Crippen LogP contribution is 2.26. The van der Waals surface area contributed by atoms with Gasteiger partial charge in [0.25, 0.3) is 5.91 Å². The van der Waals surface area contributed by atoms with Gasteiger partial charge >= 0.3 is 0 Å². The van der Waals surface area contributed by atoms with Crippen LogP contribution < -0.4 is 5.32 Å². The van der Waals surface area contributed by atoms with Gasteiger partial charge in [-0.1, -0.05) is 19.9 Å². The topological polar surface area (TPSA) is 42.0 Å². The van der Waals surface area contributed by atoms with E-state index in [9.17, 15) is 13.6 Å². The van der Waals surface area contributed by atoms with Crippen molar-refractivity contribution < 1.29 is 13.6 Å². The summed E-state index contributed by atoms with van der Waals surface area (Å²) >= 11 is 1.51. The monoisotopic (exact) mass is 296 g/mol. The number of aromatic nitrogens is 1. The van der Waals surface area contributed by atoms with Gasteiger partial charge in [-0.15, -0.1) is 11.3 Å². The van der Waals surface area contributed by atoms with Gasteiger partial charge in [0.1, 0.15) is 0 Å². The van der Waals surface area contributed by atoms with Gasteiger partial charge in [-0.05, 0) is 23.4 Å². The number of hydrogen-bond acceptors (Lipinski definition) is 3. The first-order chi connectivity index (χ1) is 9.50. The molecular formula is C14H14F2N2OS. The van der Waals surface area contributed by atoms with Crippen LogP contribution in [-0.4, -0.2) is 10.9 Å². The van der Waals surface area contributed by atoms with Crippen LogP contribution in [0.1, 0.15) is 35.1 Å². The van der Waals surface area contributed by atoms with Crippen molar-refractivity contribution in [1.82, 2.24) is 10.3 Å². The summed E-state index contributed by atoms with van der Waals surface area (Å²) in [6, 6.07) is 4.71. The number of hydrogen-bond donors (Lipinski definition) is 1. The number of nitrogens with zero attached hydrogens (tertiary/aromatic N) is 1. The normalized spacial score (nSPS) is 12.4. The van der Waals surface area contributed by atoms with E-state index in [0.29, 0.717) is 0 Å². The molecule has 0 spiro atoms. The molecule has 0 aliphatic carbocycles. The van der Waals surface area contributed by atoms with Crippen LogP contribution in [0.5, 0.6) is 0 Å². The molecule has 0 saturated heterocycles. The first-order valence-electron chi connectivity index (χ1n) is 6.15. The lowest BCUT2D eigenvalue weighted by atomic mass is 10.0. The summed E-state index contributed by atoms with van der Waals surface area (Å²) in [5, 5.41) is 4.65. The molecule has 20 heavy (non-hydrogen) atoms. The molecule has 0 radical (unpaired) electrons. The lowest BCUT2D eigenvalue weighted by Gasteiger charge is -2.21. The fourth-order valence-corrected chi connectivity index (χ4v) is 2.80. The van der Waals surface area contributed by atoms with Gasteiger partial charge in [-0.3, -0.25) is 4.79 Å². The van der Waals surface area contributed by atoms with Crippen molar-refractivity contribution in [2.75, 3.05) is 0 Å². The largest absolute Gasteiger partial charge is 0.344 e. The maximum atomic E-state index is 13.6. The van der Waals surface area contributed by atoms with E-state index in [0.717, 1.165) is 11.1 Å². The quantitative estimate of drug-likeness (QED) is 0.877. The molecule has 0 aliphatic rings. The molecule has 2 aromatic heterocycles. The van der Waals surface area contributed by atoms with Crippen LogP contribution in [0.2, 0.25) is 0 Å². The van der Waals surface area contributed by atoms with Crippen molar-refractivity contribution in [3.63, 3.8) is 0 Å². The van der Waals surface area contributed by atoms with Gasteiger partial charge in [-0.2, -0.15) is 4.39 Å². The van der Waals surface area contributed by atoms with Crippen LogP contribution in [0, 0.1) is 17.7 Å². The van der Waals surface area contributed by atoms with Crippen LogP contribution in [-0.2, 0) is 0 Å². The molecule has 1 atom stereocenters. The third-order valence-corrected chi connectivity index (χ3v) is 3.85. The Hall–Kier alpha value is -1.82. The van der Waals surface area contributed by atoms with Crippen LogP contribution >= 0.6 is 11.3 Å². The average Bonchev–Trinajstić information content (AvgIpc) is 2.92. The number of amides is 1. The van der Waals surface area contributed by atoms with E-state index < -0.39 is 17.7 Å². The van der Waals surface area contributed by atoms with Crippen LogP contribution in [0.4, 0.5) is 8.78 Å². The van der Waals surface area contributed by atoms with Crippen LogP contribution in [0.15, 0.2) is 29.8 Å². The Bertz CT molecular complexity index is 599. The summed E-state index contributed by atoms with van der Waals surface area (Å²) in [6.07, 6.45) is 1.07.